The SMILES string of the molecule is CNC(=O)NC(=O)COC(=O)c1cc(S(=O)(=O)NC2CCCCC2)ccc1C. The van der Waals surface area contributed by atoms with Crippen LogP contribution in [0, 0.1) is 6.92 Å². The largest absolute Gasteiger partial charge is 0.452 e. The average molecular weight is 411 g/mol. The summed E-state index contributed by atoms with van der Waals surface area (Å²) in [5, 5.41) is 4.16. The molecule has 1 aliphatic carbocycles. The highest BCUT2D eigenvalue weighted by Gasteiger charge is 2.24. The molecule has 1 fully saturated rings. The summed E-state index contributed by atoms with van der Waals surface area (Å²) >= 11 is 0. The minimum absolute atomic E-state index is 0.0366. The van der Waals surface area contributed by atoms with Crippen LogP contribution in [0.1, 0.15) is 48.0 Å². The normalized spacial score (nSPS) is 14.9. The summed E-state index contributed by atoms with van der Waals surface area (Å²) in [7, 11) is -2.43. The minimum atomic E-state index is -3.77. The quantitative estimate of drug-likeness (QED) is 0.603. The Hall–Kier alpha value is -2.46. The first-order valence-electron chi connectivity index (χ1n) is 9.04. The summed E-state index contributed by atoms with van der Waals surface area (Å²) in [6.07, 6.45) is 4.65. The summed E-state index contributed by atoms with van der Waals surface area (Å²) in [6.45, 7) is 0.967. The van der Waals surface area contributed by atoms with Crippen molar-refractivity contribution in [2.45, 2.75) is 50.0 Å². The number of nitrogens with one attached hydrogen (secondary N) is 3. The number of aryl methyl sites for hydroxylation is 1. The van der Waals surface area contributed by atoms with Crippen molar-refractivity contribution >= 4 is 27.9 Å². The van der Waals surface area contributed by atoms with Gasteiger partial charge in [-0.25, -0.2) is 22.7 Å². The van der Waals surface area contributed by atoms with E-state index in [-0.39, 0.29) is 16.5 Å². The van der Waals surface area contributed by atoms with Crippen LogP contribution in [-0.4, -0.2) is 46.0 Å². The third-order valence-corrected chi connectivity index (χ3v) is 6.00. The number of rotatable bonds is 6. The number of hydrogen-bond acceptors (Lipinski definition) is 6. The number of amides is 3. The van der Waals surface area contributed by atoms with E-state index in [1.807, 2.05) is 5.32 Å². The van der Waals surface area contributed by atoms with Gasteiger partial charge in [-0.1, -0.05) is 25.3 Å². The number of esters is 1. The van der Waals surface area contributed by atoms with E-state index in [2.05, 4.69) is 10.0 Å². The Bertz CT molecular complexity index is 847. The van der Waals surface area contributed by atoms with Crippen LogP contribution in [-0.2, 0) is 19.6 Å². The molecule has 0 bridgehead atoms. The number of carbonyl (C=O) groups is 3. The maximum absolute atomic E-state index is 12.6. The van der Waals surface area contributed by atoms with Crippen LogP contribution in [0.4, 0.5) is 4.79 Å². The van der Waals surface area contributed by atoms with E-state index in [0.29, 0.717) is 5.56 Å². The number of carbonyl (C=O) groups excluding carboxylic acids is 3. The number of imide groups is 1. The summed E-state index contributed by atoms with van der Waals surface area (Å²) in [6, 6.07) is 3.34. The second kappa shape index (κ2) is 9.65. The molecule has 1 aromatic rings. The van der Waals surface area contributed by atoms with Crippen molar-refractivity contribution in [2.75, 3.05) is 13.7 Å². The molecule has 3 N–H and O–H groups in total. The molecule has 28 heavy (non-hydrogen) atoms. The first-order chi connectivity index (χ1) is 13.2. The summed E-state index contributed by atoms with van der Waals surface area (Å²) in [4.78, 5) is 34.8. The average Bonchev–Trinajstić information content (AvgIpc) is 2.66. The highest BCUT2D eigenvalue weighted by Crippen LogP contribution is 2.21. The molecule has 0 aliphatic heterocycles. The van der Waals surface area contributed by atoms with Crippen molar-refractivity contribution in [3.63, 3.8) is 0 Å². The lowest BCUT2D eigenvalue weighted by Gasteiger charge is -2.22. The zero-order valence-corrected chi connectivity index (χ0v) is 16.7. The molecule has 3 amide bonds. The van der Waals surface area contributed by atoms with Crippen molar-refractivity contribution in [1.29, 1.82) is 0 Å². The molecule has 9 nitrogen and oxygen atoms in total. The molecule has 2 rings (SSSR count). The predicted molar refractivity (Wildman–Crippen MR) is 101 cm³/mol. The van der Waals surface area contributed by atoms with E-state index in [1.54, 1.807) is 6.92 Å². The standard InChI is InChI=1S/C18H25N3O6S/c1-12-8-9-14(28(25,26)21-13-6-4-3-5-7-13)10-15(12)17(23)27-11-16(22)20-18(24)19-2/h8-10,13,21H,3-7,11H2,1-2H3,(H2,19,20,22,24). The van der Waals surface area contributed by atoms with Gasteiger partial charge in [-0.05, 0) is 37.5 Å². The van der Waals surface area contributed by atoms with Gasteiger partial charge in [0.05, 0.1) is 10.5 Å². The molecule has 0 spiro atoms. The van der Waals surface area contributed by atoms with Crippen molar-refractivity contribution in [2.24, 2.45) is 0 Å². The van der Waals surface area contributed by atoms with E-state index in [4.69, 9.17) is 4.74 Å². The maximum Gasteiger partial charge on any atom is 0.338 e. The Morgan fingerprint density at radius 1 is 1.14 bits per heavy atom. The van der Waals surface area contributed by atoms with Crippen LogP contribution in [0.3, 0.4) is 0 Å². The fraction of sp³-hybridized carbons (Fsp3) is 0.500. The number of ether oxygens (including phenoxy) is 1. The second-order valence-electron chi connectivity index (χ2n) is 6.64. The number of sulfonamides is 1. The third-order valence-electron chi connectivity index (χ3n) is 4.48. The monoisotopic (exact) mass is 411 g/mol. The molecule has 0 aromatic heterocycles. The van der Waals surface area contributed by atoms with E-state index < -0.39 is 34.5 Å². The fourth-order valence-electron chi connectivity index (χ4n) is 2.93. The molecule has 1 saturated carbocycles. The third kappa shape index (κ3) is 6.03. The minimum Gasteiger partial charge on any atom is -0.452 e. The van der Waals surface area contributed by atoms with Crippen LogP contribution in [0.25, 0.3) is 0 Å². The zero-order valence-electron chi connectivity index (χ0n) is 15.9. The van der Waals surface area contributed by atoms with Gasteiger partial charge in [0, 0.05) is 13.1 Å². The Morgan fingerprint density at radius 3 is 2.46 bits per heavy atom. The zero-order chi connectivity index (χ0) is 20.7. The van der Waals surface area contributed by atoms with Gasteiger partial charge in [0.1, 0.15) is 0 Å². The molecule has 154 valence electrons. The lowest BCUT2D eigenvalue weighted by molar-refractivity contribution is -0.123. The smallest absolute Gasteiger partial charge is 0.338 e. The summed E-state index contributed by atoms with van der Waals surface area (Å²) < 4.78 is 32.8. The highest BCUT2D eigenvalue weighted by atomic mass is 32.2. The van der Waals surface area contributed by atoms with Gasteiger partial charge in [0.15, 0.2) is 6.61 Å². The number of hydrogen-bond donors (Lipinski definition) is 3. The van der Waals surface area contributed by atoms with Crippen molar-refractivity contribution in [1.82, 2.24) is 15.4 Å². The Morgan fingerprint density at radius 2 is 1.82 bits per heavy atom. The number of benzene rings is 1. The van der Waals surface area contributed by atoms with E-state index in [1.165, 1.54) is 25.2 Å². The molecule has 0 unspecified atom stereocenters. The summed E-state index contributed by atoms with van der Waals surface area (Å²) in [5.74, 6) is -1.65. The van der Waals surface area contributed by atoms with E-state index in [0.717, 1.165) is 32.1 Å². The molecule has 0 heterocycles. The molecule has 1 aliphatic rings. The molecule has 1 aromatic carbocycles. The van der Waals surface area contributed by atoms with E-state index in [9.17, 15) is 22.8 Å². The first kappa shape index (κ1) is 21.8. The molecule has 0 saturated heterocycles. The summed E-state index contributed by atoms with van der Waals surface area (Å²) in [5.41, 5.74) is 0.549. The predicted octanol–water partition coefficient (Wildman–Crippen LogP) is 1.22. The number of urea groups is 1. The van der Waals surface area contributed by atoms with E-state index >= 15 is 0 Å². The topological polar surface area (TPSA) is 131 Å². The highest BCUT2D eigenvalue weighted by molar-refractivity contribution is 7.89. The van der Waals surface area contributed by atoms with Crippen LogP contribution in [0.5, 0.6) is 0 Å². The van der Waals surface area contributed by atoms with Crippen molar-refractivity contribution in [3.05, 3.63) is 29.3 Å². The van der Waals surface area contributed by atoms with Crippen LogP contribution < -0.4 is 15.4 Å². The fourth-order valence-corrected chi connectivity index (χ4v) is 4.26. The maximum atomic E-state index is 12.6. The van der Waals surface area contributed by atoms with Crippen LogP contribution in [0.15, 0.2) is 23.1 Å². The van der Waals surface area contributed by atoms with Crippen LogP contribution >= 0.6 is 0 Å². The lowest BCUT2D eigenvalue weighted by Crippen LogP contribution is -2.39. The Kier molecular flexibility index (Phi) is 7.53. The Balaban J connectivity index is 2.08. The van der Waals surface area contributed by atoms with Crippen molar-refractivity contribution in [3.8, 4) is 0 Å². The van der Waals surface area contributed by atoms with Crippen molar-refractivity contribution < 1.29 is 27.5 Å². The molecule has 0 radical (unpaired) electrons. The first-order valence-corrected chi connectivity index (χ1v) is 10.5. The van der Waals surface area contributed by atoms with Gasteiger partial charge < -0.3 is 10.1 Å². The van der Waals surface area contributed by atoms with Gasteiger partial charge >= 0.3 is 12.0 Å². The van der Waals surface area contributed by atoms with Gasteiger partial charge in [0.2, 0.25) is 10.0 Å². The molecule has 10 heteroatoms. The molecular formula is C18H25N3O6S. The molecular weight excluding hydrogens is 386 g/mol. The lowest BCUT2D eigenvalue weighted by atomic mass is 9.96. The second-order valence-corrected chi connectivity index (χ2v) is 8.35. The molecule has 0 atom stereocenters. The van der Waals surface area contributed by atoms with Gasteiger partial charge in [-0.3, -0.25) is 10.1 Å². The van der Waals surface area contributed by atoms with Crippen LogP contribution in [0.2, 0.25) is 0 Å². The van der Waals surface area contributed by atoms with Gasteiger partial charge in [-0.15, -0.1) is 0 Å². The van der Waals surface area contributed by atoms with Gasteiger partial charge in [0.25, 0.3) is 5.91 Å². The Labute approximate surface area is 164 Å². The van der Waals surface area contributed by atoms with Gasteiger partial charge in [-0.2, -0.15) is 0 Å².